The second-order valence-corrected chi connectivity index (χ2v) is 4.86. The first kappa shape index (κ1) is 10.9. The van der Waals surface area contributed by atoms with E-state index in [2.05, 4.69) is 16.8 Å². The molecule has 15 heavy (non-hydrogen) atoms. The second kappa shape index (κ2) is 4.49. The summed E-state index contributed by atoms with van der Waals surface area (Å²) in [4.78, 5) is 17.9. The summed E-state index contributed by atoms with van der Waals surface area (Å²) in [5.41, 5.74) is 0.504. The fraction of sp³-hybridized carbons (Fsp3) is 0.600. The molecular formula is C10H13ClN2OS. The molecule has 0 aromatic carbocycles. The van der Waals surface area contributed by atoms with E-state index in [0.717, 1.165) is 11.7 Å². The number of carbonyl (C=O) groups excluding carboxylic acids is 1. The number of carbonyl (C=O) groups is 1. The van der Waals surface area contributed by atoms with Crippen LogP contribution in [0.25, 0.3) is 0 Å². The number of nitrogens with zero attached hydrogens (tertiary/aromatic N) is 2. The van der Waals surface area contributed by atoms with Crippen molar-refractivity contribution in [2.24, 2.45) is 0 Å². The second-order valence-electron chi connectivity index (χ2n) is 3.76. The Kier molecular flexibility index (Phi) is 3.26. The Bertz CT molecular complexity index is 366. The van der Waals surface area contributed by atoms with Crippen LogP contribution in [0.1, 0.15) is 30.3 Å². The van der Waals surface area contributed by atoms with Gasteiger partial charge in [-0.2, -0.15) is 0 Å². The van der Waals surface area contributed by atoms with Crippen LogP contribution in [0.3, 0.4) is 0 Å². The maximum atomic E-state index is 11.3. The van der Waals surface area contributed by atoms with Gasteiger partial charge in [0.2, 0.25) is 0 Å². The Morgan fingerprint density at radius 3 is 3.20 bits per heavy atom. The maximum Gasteiger partial charge on any atom is 0.196 e. The average molecular weight is 245 g/mol. The van der Waals surface area contributed by atoms with Crippen molar-refractivity contribution in [1.82, 2.24) is 4.98 Å². The SMILES string of the molecule is CC1CCCN1c1nc(C(=O)CCl)cs1. The summed E-state index contributed by atoms with van der Waals surface area (Å²) in [6.45, 7) is 3.24. The summed E-state index contributed by atoms with van der Waals surface area (Å²) < 4.78 is 0. The molecule has 5 heteroatoms. The molecule has 1 aromatic heterocycles. The Balaban J connectivity index is 2.16. The van der Waals surface area contributed by atoms with Crippen LogP contribution in [-0.2, 0) is 0 Å². The van der Waals surface area contributed by atoms with Gasteiger partial charge in [-0.05, 0) is 19.8 Å². The Hall–Kier alpha value is -0.610. The first-order chi connectivity index (χ1) is 7.22. The van der Waals surface area contributed by atoms with Gasteiger partial charge < -0.3 is 4.90 Å². The topological polar surface area (TPSA) is 33.2 Å². The van der Waals surface area contributed by atoms with E-state index in [1.165, 1.54) is 24.2 Å². The highest BCUT2D eigenvalue weighted by atomic mass is 35.5. The number of halogens is 1. The highest BCUT2D eigenvalue weighted by molar-refractivity contribution is 7.14. The highest BCUT2D eigenvalue weighted by Gasteiger charge is 2.23. The van der Waals surface area contributed by atoms with Gasteiger partial charge in [-0.25, -0.2) is 4.98 Å². The van der Waals surface area contributed by atoms with Gasteiger partial charge in [0.15, 0.2) is 10.9 Å². The number of alkyl halides is 1. The molecule has 1 saturated heterocycles. The molecule has 2 heterocycles. The molecule has 1 fully saturated rings. The minimum atomic E-state index is -0.0917. The smallest absolute Gasteiger partial charge is 0.196 e. The monoisotopic (exact) mass is 244 g/mol. The molecule has 1 aliphatic rings. The van der Waals surface area contributed by atoms with Crippen molar-refractivity contribution in [2.75, 3.05) is 17.3 Å². The molecule has 1 atom stereocenters. The molecule has 1 unspecified atom stereocenters. The third-order valence-electron chi connectivity index (χ3n) is 2.70. The van der Waals surface area contributed by atoms with Gasteiger partial charge >= 0.3 is 0 Å². The zero-order chi connectivity index (χ0) is 10.8. The average Bonchev–Trinajstić information content (AvgIpc) is 2.84. The third-order valence-corrected chi connectivity index (χ3v) is 3.82. The van der Waals surface area contributed by atoms with Crippen LogP contribution in [-0.4, -0.2) is 29.2 Å². The Morgan fingerprint density at radius 1 is 1.80 bits per heavy atom. The van der Waals surface area contributed by atoms with E-state index in [1.54, 1.807) is 5.38 Å². The van der Waals surface area contributed by atoms with Gasteiger partial charge in [-0.1, -0.05) is 0 Å². The summed E-state index contributed by atoms with van der Waals surface area (Å²) in [5.74, 6) is -0.0790. The van der Waals surface area contributed by atoms with E-state index in [1.807, 2.05) is 0 Å². The van der Waals surface area contributed by atoms with Gasteiger partial charge in [0.25, 0.3) is 0 Å². The molecule has 0 amide bonds. The quantitative estimate of drug-likeness (QED) is 0.605. The van der Waals surface area contributed by atoms with Gasteiger partial charge in [0, 0.05) is 18.0 Å². The van der Waals surface area contributed by atoms with E-state index >= 15 is 0 Å². The lowest BCUT2D eigenvalue weighted by Crippen LogP contribution is -2.26. The number of hydrogen-bond acceptors (Lipinski definition) is 4. The largest absolute Gasteiger partial charge is 0.345 e. The molecule has 0 radical (unpaired) electrons. The number of ketones is 1. The predicted octanol–water partition coefficient (Wildman–Crippen LogP) is 2.55. The number of thiazole rings is 1. The van der Waals surface area contributed by atoms with Crippen LogP contribution in [0, 0.1) is 0 Å². The van der Waals surface area contributed by atoms with E-state index in [4.69, 9.17) is 11.6 Å². The van der Waals surface area contributed by atoms with Crippen molar-refractivity contribution in [3.63, 3.8) is 0 Å². The van der Waals surface area contributed by atoms with Gasteiger partial charge in [-0.15, -0.1) is 22.9 Å². The lowest BCUT2D eigenvalue weighted by atomic mass is 10.2. The fourth-order valence-electron chi connectivity index (χ4n) is 1.81. The Labute approximate surface area is 98.1 Å². The Morgan fingerprint density at radius 2 is 2.60 bits per heavy atom. The number of aromatic nitrogens is 1. The number of Topliss-reactive ketones (excluding diaryl/α,β-unsaturated/α-hetero) is 1. The van der Waals surface area contributed by atoms with Gasteiger partial charge in [0.05, 0.1) is 5.88 Å². The number of rotatable bonds is 3. The van der Waals surface area contributed by atoms with Crippen molar-refractivity contribution in [3.8, 4) is 0 Å². The fourth-order valence-corrected chi connectivity index (χ4v) is 2.91. The normalized spacial score (nSPS) is 20.9. The molecule has 82 valence electrons. The molecule has 0 bridgehead atoms. The van der Waals surface area contributed by atoms with Crippen molar-refractivity contribution < 1.29 is 4.79 Å². The van der Waals surface area contributed by atoms with Crippen LogP contribution in [0.4, 0.5) is 5.13 Å². The van der Waals surface area contributed by atoms with E-state index < -0.39 is 0 Å². The predicted molar refractivity (Wildman–Crippen MR) is 63.2 cm³/mol. The highest BCUT2D eigenvalue weighted by Crippen LogP contribution is 2.28. The minimum absolute atomic E-state index is 0.0126. The summed E-state index contributed by atoms with van der Waals surface area (Å²) in [7, 11) is 0. The summed E-state index contributed by atoms with van der Waals surface area (Å²) >= 11 is 7.02. The molecule has 3 nitrogen and oxygen atoms in total. The van der Waals surface area contributed by atoms with E-state index in [0.29, 0.717) is 11.7 Å². The first-order valence-corrected chi connectivity index (χ1v) is 6.45. The van der Waals surface area contributed by atoms with Crippen molar-refractivity contribution in [1.29, 1.82) is 0 Å². The van der Waals surface area contributed by atoms with Crippen LogP contribution < -0.4 is 4.90 Å². The van der Waals surface area contributed by atoms with Crippen LogP contribution in [0.5, 0.6) is 0 Å². The van der Waals surface area contributed by atoms with Gasteiger partial charge in [-0.3, -0.25) is 4.79 Å². The van der Waals surface area contributed by atoms with Crippen molar-refractivity contribution in [2.45, 2.75) is 25.8 Å². The maximum absolute atomic E-state index is 11.3. The van der Waals surface area contributed by atoms with E-state index in [9.17, 15) is 4.79 Å². The lowest BCUT2D eigenvalue weighted by Gasteiger charge is -2.19. The lowest BCUT2D eigenvalue weighted by molar-refractivity contribution is 0.101. The first-order valence-electron chi connectivity index (χ1n) is 5.03. The number of anilines is 1. The van der Waals surface area contributed by atoms with Gasteiger partial charge in [0.1, 0.15) is 5.69 Å². The minimum Gasteiger partial charge on any atom is -0.345 e. The zero-order valence-corrected chi connectivity index (χ0v) is 10.1. The molecule has 0 N–H and O–H groups in total. The van der Waals surface area contributed by atoms with Crippen molar-refractivity contribution in [3.05, 3.63) is 11.1 Å². The number of hydrogen-bond donors (Lipinski definition) is 0. The summed E-state index contributed by atoms with van der Waals surface area (Å²) in [5, 5.41) is 2.75. The van der Waals surface area contributed by atoms with Crippen LogP contribution >= 0.6 is 22.9 Å². The molecule has 0 spiro atoms. The molecule has 0 saturated carbocycles. The third kappa shape index (κ3) is 2.16. The van der Waals surface area contributed by atoms with Crippen LogP contribution in [0.15, 0.2) is 5.38 Å². The molecule has 2 rings (SSSR count). The zero-order valence-electron chi connectivity index (χ0n) is 8.57. The molecule has 1 aliphatic heterocycles. The summed E-state index contributed by atoms with van der Waals surface area (Å²) in [6, 6.07) is 0.537. The van der Waals surface area contributed by atoms with E-state index in [-0.39, 0.29) is 11.7 Å². The van der Waals surface area contributed by atoms with Crippen LogP contribution in [0.2, 0.25) is 0 Å². The van der Waals surface area contributed by atoms with Crippen molar-refractivity contribution >= 4 is 33.9 Å². The molecule has 0 aliphatic carbocycles. The summed E-state index contributed by atoms with van der Waals surface area (Å²) in [6.07, 6.45) is 2.41. The standard InChI is InChI=1S/C10H13ClN2OS/c1-7-3-2-4-13(7)10-12-8(6-15-10)9(14)5-11/h6-7H,2-5H2,1H3. The molecule has 1 aromatic rings. The molecular weight excluding hydrogens is 232 g/mol.